The van der Waals surface area contributed by atoms with Gasteiger partial charge in [0.1, 0.15) is 24.4 Å². The minimum atomic E-state index is -1.69. The Kier molecular flexibility index (Phi) is 6.99. The first-order chi connectivity index (χ1) is 6.95. The van der Waals surface area contributed by atoms with Crippen molar-refractivity contribution in [3.63, 3.8) is 0 Å². The average molecular weight is 224 g/mol. The van der Waals surface area contributed by atoms with E-state index in [1.54, 1.807) is 6.92 Å². The fraction of sp³-hybridized carbons (Fsp3) is 1.00. The molecule has 0 aliphatic heterocycles. The van der Waals surface area contributed by atoms with Crippen LogP contribution in [0.2, 0.25) is 0 Å². The van der Waals surface area contributed by atoms with Crippen LogP contribution in [0.25, 0.3) is 0 Å². The molecule has 0 saturated carbocycles. The van der Waals surface area contributed by atoms with Gasteiger partial charge < -0.3 is 30.6 Å². The van der Waals surface area contributed by atoms with Crippen molar-refractivity contribution in [1.82, 2.24) is 0 Å². The molecule has 0 aromatic carbocycles. The number of hydrogen-bond acceptors (Lipinski definition) is 6. The van der Waals surface area contributed by atoms with Crippen LogP contribution < -0.4 is 0 Å². The highest BCUT2D eigenvalue weighted by Gasteiger charge is 2.33. The highest BCUT2D eigenvalue weighted by molar-refractivity contribution is 4.84. The minimum Gasteiger partial charge on any atom is -0.394 e. The summed E-state index contributed by atoms with van der Waals surface area (Å²) in [6.07, 6.45) is -6.72. The van der Waals surface area contributed by atoms with Crippen LogP contribution in [0.1, 0.15) is 19.8 Å². The molecule has 0 fully saturated rings. The topological polar surface area (TPSA) is 121 Å². The van der Waals surface area contributed by atoms with Gasteiger partial charge in [-0.15, -0.1) is 0 Å². The van der Waals surface area contributed by atoms with Crippen LogP contribution in [0, 0.1) is 0 Å². The average Bonchev–Trinajstić information content (AvgIpc) is 2.25. The molecule has 0 spiro atoms. The third-order valence-corrected chi connectivity index (χ3v) is 2.26. The molecule has 5 atom stereocenters. The van der Waals surface area contributed by atoms with E-state index < -0.39 is 37.1 Å². The van der Waals surface area contributed by atoms with Crippen LogP contribution in [0.4, 0.5) is 0 Å². The van der Waals surface area contributed by atoms with Gasteiger partial charge in [0.25, 0.3) is 0 Å². The summed E-state index contributed by atoms with van der Waals surface area (Å²) in [5.74, 6) is 0. The van der Waals surface area contributed by atoms with Gasteiger partial charge in [0.2, 0.25) is 0 Å². The second-order valence-electron chi connectivity index (χ2n) is 3.58. The van der Waals surface area contributed by atoms with E-state index in [4.69, 9.17) is 10.2 Å². The summed E-state index contributed by atoms with van der Waals surface area (Å²) in [4.78, 5) is 0. The first-order valence-corrected chi connectivity index (χ1v) is 4.96. The van der Waals surface area contributed by atoms with Crippen LogP contribution in [0.3, 0.4) is 0 Å². The molecule has 0 aliphatic rings. The SMILES string of the molecule is CCCC(O)[C@H](O)[C@@H](O)[C@@H](O)[C@H](O)CO. The van der Waals surface area contributed by atoms with Gasteiger partial charge in [-0.05, 0) is 6.42 Å². The van der Waals surface area contributed by atoms with Gasteiger partial charge in [0.15, 0.2) is 0 Å². The molecule has 0 bridgehead atoms. The first-order valence-electron chi connectivity index (χ1n) is 4.96. The zero-order valence-electron chi connectivity index (χ0n) is 8.69. The standard InChI is InChI=1S/C9H20O6/c1-2-3-5(11)7(13)9(15)8(14)6(12)4-10/h5-15H,2-4H2,1H3/t5?,6-,7+,8+,9-/m1/s1. The molecular formula is C9H20O6. The van der Waals surface area contributed by atoms with Crippen molar-refractivity contribution in [1.29, 1.82) is 0 Å². The Morgan fingerprint density at radius 2 is 1.27 bits per heavy atom. The molecule has 6 N–H and O–H groups in total. The molecular weight excluding hydrogens is 204 g/mol. The van der Waals surface area contributed by atoms with Crippen LogP contribution in [0.5, 0.6) is 0 Å². The van der Waals surface area contributed by atoms with Crippen LogP contribution in [-0.4, -0.2) is 67.8 Å². The zero-order chi connectivity index (χ0) is 12.0. The van der Waals surface area contributed by atoms with Crippen molar-refractivity contribution in [2.75, 3.05) is 6.61 Å². The number of hydrogen-bond donors (Lipinski definition) is 6. The van der Waals surface area contributed by atoms with E-state index in [1.165, 1.54) is 0 Å². The molecule has 0 aromatic heterocycles. The molecule has 0 radical (unpaired) electrons. The lowest BCUT2D eigenvalue weighted by atomic mass is 9.97. The predicted molar refractivity (Wildman–Crippen MR) is 52.0 cm³/mol. The highest BCUT2D eigenvalue weighted by Crippen LogP contribution is 2.11. The molecule has 92 valence electrons. The van der Waals surface area contributed by atoms with Crippen molar-refractivity contribution in [3.8, 4) is 0 Å². The van der Waals surface area contributed by atoms with Crippen LogP contribution in [-0.2, 0) is 0 Å². The minimum absolute atomic E-state index is 0.278. The van der Waals surface area contributed by atoms with E-state index in [0.29, 0.717) is 6.42 Å². The molecule has 0 rings (SSSR count). The number of aliphatic hydroxyl groups is 6. The fourth-order valence-corrected chi connectivity index (χ4v) is 1.23. The molecule has 15 heavy (non-hydrogen) atoms. The monoisotopic (exact) mass is 224 g/mol. The summed E-state index contributed by atoms with van der Waals surface area (Å²) in [6, 6.07) is 0. The van der Waals surface area contributed by atoms with E-state index in [1.807, 2.05) is 0 Å². The molecule has 0 amide bonds. The van der Waals surface area contributed by atoms with Gasteiger partial charge in [0.05, 0.1) is 12.7 Å². The largest absolute Gasteiger partial charge is 0.394 e. The van der Waals surface area contributed by atoms with Crippen molar-refractivity contribution in [2.45, 2.75) is 50.3 Å². The Balaban J connectivity index is 4.22. The summed E-state index contributed by atoms with van der Waals surface area (Å²) < 4.78 is 0. The van der Waals surface area contributed by atoms with Gasteiger partial charge >= 0.3 is 0 Å². The van der Waals surface area contributed by atoms with E-state index in [0.717, 1.165) is 0 Å². The summed E-state index contributed by atoms with van der Waals surface area (Å²) in [7, 11) is 0. The number of aliphatic hydroxyl groups excluding tert-OH is 6. The van der Waals surface area contributed by atoms with Gasteiger partial charge in [-0.3, -0.25) is 0 Å². The quantitative estimate of drug-likeness (QED) is 0.286. The van der Waals surface area contributed by atoms with Crippen molar-refractivity contribution in [2.24, 2.45) is 0 Å². The van der Waals surface area contributed by atoms with E-state index in [-0.39, 0.29) is 6.42 Å². The maximum absolute atomic E-state index is 9.38. The maximum atomic E-state index is 9.38. The van der Waals surface area contributed by atoms with Gasteiger partial charge in [-0.25, -0.2) is 0 Å². The van der Waals surface area contributed by atoms with E-state index >= 15 is 0 Å². The maximum Gasteiger partial charge on any atom is 0.111 e. The van der Waals surface area contributed by atoms with Crippen LogP contribution in [0.15, 0.2) is 0 Å². The Labute approximate surface area is 88.4 Å². The fourth-order valence-electron chi connectivity index (χ4n) is 1.23. The summed E-state index contributed by atoms with van der Waals surface area (Å²) in [5.41, 5.74) is 0. The number of rotatable bonds is 7. The van der Waals surface area contributed by atoms with Gasteiger partial charge in [-0.2, -0.15) is 0 Å². The summed E-state index contributed by atoms with van der Waals surface area (Å²) in [5, 5.41) is 54.8. The van der Waals surface area contributed by atoms with Crippen molar-refractivity contribution >= 4 is 0 Å². The third-order valence-electron chi connectivity index (χ3n) is 2.26. The Bertz CT molecular complexity index is 165. The van der Waals surface area contributed by atoms with E-state index in [9.17, 15) is 20.4 Å². The second kappa shape index (κ2) is 7.10. The van der Waals surface area contributed by atoms with Crippen molar-refractivity contribution in [3.05, 3.63) is 0 Å². The summed E-state index contributed by atoms with van der Waals surface area (Å²) in [6.45, 7) is 1.07. The predicted octanol–water partition coefficient (Wildman–Crippen LogP) is -2.42. The smallest absolute Gasteiger partial charge is 0.111 e. The molecule has 6 heteroatoms. The van der Waals surface area contributed by atoms with Crippen LogP contribution >= 0.6 is 0 Å². The molecule has 6 nitrogen and oxygen atoms in total. The zero-order valence-corrected chi connectivity index (χ0v) is 8.69. The van der Waals surface area contributed by atoms with Crippen molar-refractivity contribution < 1.29 is 30.6 Å². The Hall–Kier alpha value is -0.240. The first kappa shape index (κ1) is 14.8. The Morgan fingerprint density at radius 3 is 1.67 bits per heavy atom. The second-order valence-corrected chi connectivity index (χ2v) is 3.58. The van der Waals surface area contributed by atoms with Gasteiger partial charge in [0, 0.05) is 0 Å². The molecule has 0 saturated heterocycles. The molecule has 1 unspecified atom stereocenters. The third kappa shape index (κ3) is 4.42. The van der Waals surface area contributed by atoms with Gasteiger partial charge in [-0.1, -0.05) is 13.3 Å². The van der Waals surface area contributed by atoms with E-state index in [2.05, 4.69) is 0 Å². The molecule has 0 aliphatic carbocycles. The lowest BCUT2D eigenvalue weighted by molar-refractivity contribution is -0.141. The molecule has 0 aromatic rings. The molecule has 0 heterocycles. The normalized spacial score (nSPS) is 21.8. The summed E-state index contributed by atoms with van der Waals surface area (Å²) >= 11 is 0. The Morgan fingerprint density at radius 1 is 0.800 bits per heavy atom. The lowest BCUT2D eigenvalue weighted by Gasteiger charge is -2.28. The highest BCUT2D eigenvalue weighted by atomic mass is 16.4. The lowest BCUT2D eigenvalue weighted by Crippen LogP contribution is -2.49.